The van der Waals surface area contributed by atoms with Crippen molar-refractivity contribution in [2.75, 3.05) is 37.5 Å². The van der Waals surface area contributed by atoms with Crippen LogP contribution in [0.1, 0.15) is 26.7 Å². The van der Waals surface area contributed by atoms with Gasteiger partial charge < -0.3 is 24.8 Å². The summed E-state index contributed by atoms with van der Waals surface area (Å²) in [5.74, 6) is 1.57. The van der Waals surface area contributed by atoms with Crippen molar-refractivity contribution in [3.05, 3.63) is 37.1 Å². The molecule has 3 aromatic rings. The number of carbonyl (C=O) groups excluding carboxylic acids is 1. The van der Waals surface area contributed by atoms with E-state index in [4.69, 9.17) is 4.74 Å². The van der Waals surface area contributed by atoms with Gasteiger partial charge in [0.2, 0.25) is 0 Å². The number of amides is 2. The number of hydrogen-bond donors (Lipinski definition) is 2. The Labute approximate surface area is 187 Å². The summed E-state index contributed by atoms with van der Waals surface area (Å²) in [6.07, 6.45) is 8.77. The van der Waals surface area contributed by atoms with Gasteiger partial charge in [0.05, 0.1) is 30.6 Å². The van der Waals surface area contributed by atoms with Gasteiger partial charge >= 0.3 is 6.03 Å². The van der Waals surface area contributed by atoms with Crippen LogP contribution in [0.4, 0.5) is 16.3 Å². The molecule has 0 radical (unpaired) electrons. The largest absolute Gasteiger partial charge is 0.495 e. The van der Waals surface area contributed by atoms with E-state index in [9.17, 15) is 4.79 Å². The number of aromatic amines is 1. The first-order chi connectivity index (χ1) is 15.3. The van der Waals surface area contributed by atoms with Crippen LogP contribution in [0.3, 0.4) is 0 Å². The van der Waals surface area contributed by atoms with Crippen molar-refractivity contribution in [1.29, 1.82) is 0 Å². The first-order valence-corrected chi connectivity index (χ1v) is 10.9. The predicted octanol–water partition coefficient (Wildman–Crippen LogP) is 3.52. The third-order valence-electron chi connectivity index (χ3n) is 7.61. The van der Waals surface area contributed by atoms with Crippen molar-refractivity contribution >= 4 is 28.6 Å². The van der Waals surface area contributed by atoms with Crippen molar-refractivity contribution in [3.63, 3.8) is 0 Å². The maximum Gasteiger partial charge on any atom is 0.321 e. The fraction of sp³-hybridized carbons (Fsp3) is 0.478. The molecule has 1 saturated carbocycles. The summed E-state index contributed by atoms with van der Waals surface area (Å²) in [7, 11) is 3.70. The van der Waals surface area contributed by atoms with Crippen molar-refractivity contribution in [2.24, 2.45) is 10.8 Å². The molecule has 0 aromatic carbocycles. The second-order valence-electron chi connectivity index (χ2n) is 9.63. The molecule has 168 valence electrons. The Balaban J connectivity index is 1.30. The van der Waals surface area contributed by atoms with E-state index in [1.807, 2.05) is 17.2 Å². The molecule has 2 aliphatic rings. The van der Waals surface area contributed by atoms with Crippen LogP contribution >= 0.6 is 0 Å². The highest BCUT2D eigenvalue weighted by Gasteiger charge is 2.59. The second kappa shape index (κ2) is 7.36. The third-order valence-corrected chi connectivity index (χ3v) is 7.61. The molecular weight excluding hydrogens is 406 g/mol. The van der Waals surface area contributed by atoms with E-state index in [0.29, 0.717) is 17.5 Å². The van der Waals surface area contributed by atoms with Crippen molar-refractivity contribution < 1.29 is 9.53 Å². The first kappa shape index (κ1) is 20.5. The Kier molecular flexibility index (Phi) is 4.72. The lowest BCUT2D eigenvalue weighted by atomic mass is 9.71. The zero-order valence-corrected chi connectivity index (χ0v) is 18.9. The monoisotopic (exact) mass is 435 g/mol. The summed E-state index contributed by atoms with van der Waals surface area (Å²) in [4.78, 5) is 33.4. The summed E-state index contributed by atoms with van der Waals surface area (Å²) < 4.78 is 5.20. The Morgan fingerprint density at radius 2 is 2.00 bits per heavy atom. The van der Waals surface area contributed by atoms with Gasteiger partial charge in [0.1, 0.15) is 23.5 Å². The van der Waals surface area contributed by atoms with Crippen LogP contribution in [-0.4, -0.2) is 64.2 Å². The molecule has 9 heteroatoms. The van der Waals surface area contributed by atoms with Gasteiger partial charge in [-0.2, -0.15) is 0 Å². The smallest absolute Gasteiger partial charge is 0.321 e. The molecular formula is C23H29N7O2. The number of likely N-dealkylation sites (tertiary alicyclic amines) is 1. The van der Waals surface area contributed by atoms with Gasteiger partial charge in [0.25, 0.3) is 0 Å². The minimum atomic E-state index is -0.0911. The SMILES string of the molecule is COc1cncc(NC(=O)N2C[C@]3(C)C[C@@H](N(C)c4ncnc5[nH]ccc45)C[C@]3(C)C2)c1. The molecule has 3 atom stereocenters. The fourth-order valence-electron chi connectivity index (χ4n) is 5.55. The van der Waals surface area contributed by atoms with Crippen LogP contribution in [0.15, 0.2) is 37.1 Å². The Morgan fingerprint density at radius 1 is 1.25 bits per heavy atom. The van der Waals surface area contributed by atoms with Crippen molar-refractivity contribution in [1.82, 2.24) is 24.8 Å². The Bertz CT molecular complexity index is 1140. The molecule has 1 saturated heterocycles. The zero-order chi connectivity index (χ0) is 22.5. The third kappa shape index (κ3) is 3.23. The normalized spacial score (nSPS) is 26.9. The second-order valence-corrected chi connectivity index (χ2v) is 9.63. The van der Waals surface area contributed by atoms with E-state index < -0.39 is 0 Å². The number of urea groups is 1. The number of methoxy groups -OCH3 is 1. The standard InChI is InChI=1S/C23H29N7O2/c1-22-8-16(29(3)20-18-5-6-25-19(18)26-14-27-20)9-23(22,2)13-30(12-22)21(31)28-15-7-17(32-4)11-24-10-15/h5-7,10-11,14,16H,8-9,12-13H2,1-4H3,(H,28,31)(H,25,26,27)/t16-,22+,23-. The molecule has 1 aliphatic heterocycles. The molecule has 0 unspecified atom stereocenters. The van der Waals surface area contributed by atoms with E-state index >= 15 is 0 Å². The molecule has 0 bridgehead atoms. The maximum atomic E-state index is 13.0. The Hall–Kier alpha value is -3.36. The predicted molar refractivity (Wildman–Crippen MR) is 123 cm³/mol. The minimum absolute atomic E-state index is 0.0280. The molecule has 2 fully saturated rings. The quantitative estimate of drug-likeness (QED) is 0.651. The maximum absolute atomic E-state index is 13.0. The van der Waals surface area contributed by atoms with Crippen LogP contribution < -0.4 is 15.0 Å². The molecule has 2 amide bonds. The highest BCUT2D eigenvalue weighted by Crippen LogP contribution is 2.58. The van der Waals surface area contributed by atoms with Gasteiger partial charge in [-0.15, -0.1) is 0 Å². The number of hydrogen-bond acceptors (Lipinski definition) is 6. The molecule has 5 rings (SSSR count). The number of anilines is 2. The highest BCUT2D eigenvalue weighted by atomic mass is 16.5. The number of pyridine rings is 1. The minimum Gasteiger partial charge on any atom is -0.495 e. The van der Waals surface area contributed by atoms with Gasteiger partial charge in [0, 0.05) is 38.4 Å². The van der Waals surface area contributed by atoms with Gasteiger partial charge in [-0.25, -0.2) is 14.8 Å². The summed E-state index contributed by atoms with van der Waals surface area (Å²) in [6, 6.07) is 4.07. The number of fused-ring (bicyclic) bond motifs is 2. The topological polar surface area (TPSA) is 99.3 Å². The van der Waals surface area contributed by atoms with Crippen LogP contribution in [0.5, 0.6) is 5.75 Å². The number of aromatic nitrogens is 4. The number of rotatable bonds is 4. The van der Waals surface area contributed by atoms with Gasteiger partial charge in [-0.05, 0) is 29.7 Å². The Morgan fingerprint density at radius 3 is 2.72 bits per heavy atom. The average Bonchev–Trinajstić information content (AvgIpc) is 3.42. The number of ether oxygens (including phenoxy) is 1. The summed E-state index contributed by atoms with van der Waals surface area (Å²) in [5, 5.41) is 4.01. The molecule has 0 spiro atoms. The van der Waals surface area contributed by atoms with Crippen LogP contribution in [-0.2, 0) is 0 Å². The molecule has 1 aliphatic carbocycles. The van der Waals surface area contributed by atoms with Crippen LogP contribution in [0.25, 0.3) is 11.0 Å². The fourth-order valence-corrected chi connectivity index (χ4v) is 5.55. The molecule has 2 N–H and O–H groups in total. The van der Waals surface area contributed by atoms with Crippen LogP contribution in [0, 0.1) is 10.8 Å². The molecule has 32 heavy (non-hydrogen) atoms. The lowest BCUT2D eigenvalue weighted by Gasteiger charge is -2.31. The average molecular weight is 436 g/mol. The number of nitrogens with one attached hydrogen (secondary N) is 2. The zero-order valence-electron chi connectivity index (χ0n) is 18.9. The molecule has 3 aromatic heterocycles. The highest BCUT2D eigenvalue weighted by molar-refractivity contribution is 5.90. The van der Waals surface area contributed by atoms with Gasteiger partial charge in [-0.1, -0.05) is 13.8 Å². The lowest BCUT2D eigenvalue weighted by Crippen LogP contribution is -2.38. The van der Waals surface area contributed by atoms with E-state index in [-0.39, 0.29) is 16.9 Å². The lowest BCUT2D eigenvalue weighted by molar-refractivity contribution is 0.184. The van der Waals surface area contributed by atoms with Gasteiger partial charge in [0.15, 0.2) is 0 Å². The summed E-state index contributed by atoms with van der Waals surface area (Å²) in [5.41, 5.74) is 1.55. The first-order valence-electron chi connectivity index (χ1n) is 10.9. The van der Waals surface area contributed by atoms with E-state index in [2.05, 4.69) is 51.0 Å². The van der Waals surface area contributed by atoms with E-state index in [0.717, 1.165) is 42.8 Å². The summed E-state index contributed by atoms with van der Waals surface area (Å²) >= 11 is 0. The van der Waals surface area contributed by atoms with Crippen LogP contribution in [0.2, 0.25) is 0 Å². The number of nitrogens with zero attached hydrogens (tertiary/aromatic N) is 5. The number of H-pyrrole nitrogens is 1. The van der Waals surface area contributed by atoms with Gasteiger partial charge in [-0.3, -0.25) is 4.98 Å². The van der Waals surface area contributed by atoms with E-state index in [1.165, 1.54) is 0 Å². The molecule has 4 heterocycles. The van der Waals surface area contributed by atoms with Crippen molar-refractivity contribution in [3.8, 4) is 5.75 Å². The number of carbonyl (C=O) groups is 1. The molecule has 9 nitrogen and oxygen atoms in total. The van der Waals surface area contributed by atoms with E-state index in [1.54, 1.807) is 31.9 Å². The van der Waals surface area contributed by atoms with Crippen molar-refractivity contribution in [2.45, 2.75) is 32.7 Å². The summed E-state index contributed by atoms with van der Waals surface area (Å²) in [6.45, 7) is 6.07.